The summed E-state index contributed by atoms with van der Waals surface area (Å²) in [6, 6.07) is 11.2. The van der Waals surface area contributed by atoms with E-state index in [1.807, 2.05) is 55.4 Å². The van der Waals surface area contributed by atoms with Gasteiger partial charge in [-0.2, -0.15) is 0 Å². The van der Waals surface area contributed by atoms with Gasteiger partial charge in [0, 0.05) is 35.6 Å². The Labute approximate surface area is 163 Å². The second-order valence-corrected chi connectivity index (χ2v) is 6.77. The number of furan rings is 1. The second kappa shape index (κ2) is 8.35. The van der Waals surface area contributed by atoms with Gasteiger partial charge in [0.2, 0.25) is 0 Å². The highest BCUT2D eigenvalue weighted by Crippen LogP contribution is 2.34. The van der Waals surface area contributed by atoms with Crippen molar-refractivity contribution in [2.75, 3.05) is 25.6 Å². The summed E-state index contributed by atoms with van der Waals surface area (Å²) in [6.45, 7) is 2.45. The first-order valence-electron chi connectivity index (χ1n) is 8.73. The fourth-order valence-electron chi connectivity index (χ4n) is 2.89. The van der Waals surface area contributed by atoms with Crippen LogP contribution in [0.15, 0.2) is 47.1 Å². The molecule has 3 rings (SSSR count). The lowest BCUT2D eigenvalue weighted by molar-refractivity contribution is -0.142. The first kappa shape index (κ1) is 19.1. The van der Waals surface area contributed by atoms with Crippen molar-refractivity contribution < 1.29 is 18.7 Å². The summed E-state index contributed by atoms with van der Waals surface area (Å²) in [5.74, 6) is 0.375. The summed E-state index contributed by atoms with van der Waals surface area (Å²) in [7, 11) is 3.88. The average molecular weight is 388 g/mol. The minimum Gasteiger partial charge on any atom is -0.488 e. The number of hydrogen-bond acceptors (Lipinski definition) is 5. The summed E-state index contributed by atoms with van der Waals surface area (Å²) < 4.78 is 16.8. The van der Waals surface area contributed by atoms with Crippen LogP contribution in [-0.4, -0.2) is 26.7 Å². The van der Waals surface area contributed by atoms with Crippen molar-refractivity contribution in [3.63, 3.8) is 0 Å². The number of rotatable bonds is 7. The first-order valence-corrected chi connectivity index (χ1v) is 9.10. The van der Waals surface area contributed by atoms with Gasteiger partial charge in [-0.15, -0.1) is 0 Å². The molecule has 0 fully saturated rings. The van der Waals surface area contributed by atoms with Crippen molar-refractivity contribution in [1.82, 2.24) is 0 Å². The molecule has 0 aliphatic carbocycles. The molecule has 0 saturated carbocycles. The summed E-state index contributed by atoms with van der Waals surface area (Å²) >= 11 is 6.27. The van der Waals surface area contributed by atoms with Gasteiger partial charge in [0.25, 0.3) is 0 Å². The quantitative estimate of drug-likeness (QED) is 0.543. The maximum Gasteiger partial charge on any atom is 0.310 e. The van der Waals surface area contributed by atoms with Crippen molar-refractivity contribution in [3.05, 3.63) is 58.8 Å². The van der Waals surface area contributed by atoms with E-state index in [0.717, 1.165) is 27.8 Å². The van der Waals surface area contributed by atoms with Gasteiger partial charge in [0.1, 0.15) is 12.4 Å². The normalized spacial score (nSPS) is 10.8. The van der Waals surface area contributed by atoms with Crippen LogP contribution in [0.1, 0.15) is 18.1 Å². The molecular formula is C21H22ClNO4. The molecule has 1 heterocycles. The summed E-state index contributed by atoms with van der Waals surface area (Å²) in [6.07, 6.45) is 1.86. The van der Waals surface area contributed by atoms with Crippen LogP contribution in [0.5, 0.6) is 5.75 Å². The zero-order valence-electron chi connectivity index (χ0n) is 15.6. The van der Waals surface area contributed by atoms with Crippen molar-refractivity contribution in [2.24, 2.45) is 0 Å². The maximum absolute atomic E-state index is 11.8. The number of ether oxygens (including phenoxy) is 2. The van der Waals surface area contributed by atoms with Crippen LogP contribution in [-0.2, 0) is 22.6 Å². The van der Waals surface area contributed by atoms with Crippen molar-refractivity contribution in [1.29, 1.82) is 0 Å². The fraction of sp³-hybridized carbons (Fsp3) is 0.286. The number of halogens is 1. The lowest BCUT2D eigenvalue weighted by Gasteiger charge is -2.13. The first-order chi connectivity index (χ1) is 13.0. The zero-order valence-corrected chi connectivity index (χ0v) is 16.4. The highest BCUT2D eigenvalue weighted by Gasteiger charge is 2.15. The molecule has 27 heavy (non-hydrogen) atoms. The number of hydrogen-bond donors (Lipinski definition) is 0. The predicted octanol–water partition coefficient (Wildman–Crippen LogP) is 4.84. The van der Waals surface area contributed by atoms with Gasteiger partial charge < -0.3 is 18.8 Å². The Bertz CT molecular complexity index is 949. The zero-order chi connectivity index (χ0) is 19.4. The Balaban J connectivity index is 1.83. The standard InChI is InChI=1S/C21H22ClNO4/c1-4-25-20(24)9-14-7-5-6-8-19(14)26-12-15-13-27-21-17(15)10-16(22)11-18(21)23(2)3/h5-8,10-11,13H,4,9,12H2,1-3H3. The summed E-state index contributed by atoms with van der Waals surface area (Å²) in [5, 5.41) is 1.55. The number of benzene rings is 2. The van der Waals surface area contributed by atoms with E-state index in [0.29, 0.717) is 24.0 Å². The molecule has 2 aromatic carbocycles. The van der Waals surface area contributed by atoms with E-state index in [9.17, 15) is 4.79 Å². The van der Waals surface area contributed by atoms with Gasteiger partial charge in [-0.3, -0.25) is 4.79 Å². The predicted molar refractivity (Wildman–Crippen MR) is 107 cm³/mol. The van der Waals surface area contributed by atoms with Gasteiger partial charge in [0.05, 0.1) is 25.0 Å². The number of fused-ring (bicyclic) bond motifs is 1. The number of carbonyl (C=O) groups is 1. The lowest BCUT2D eigenvalue weighted by atomic mass is 10.1. The van der Waals surface area contributed by atoms with E-state index in [1.54, 1.807) is 13.2 Å². The van der Waals surface area contributed by atoms with Crippen molar-refractivity contribution >= 4 is 34.2 Å². The molecule has 0 saturated heterocycles. The smallest absolute Gasteiger partial charge is 0.310 e. The van der Waals surface area contributed by atoms with E-state index < -0.39 is 0 Å². The average Bonchev–Trinajstić information content (AvgIpc) is 3.03. The molecule has 0 unspecified atom stereocenters. The number of para-hydroxylation sites is 1. The van der Waals surface area contributed by atoms with Gasteiger partial charge in [-0.25, -0.2) is 0 Å². The monoisotopic (exact) mass is 387 g/mol. The molecule has 0 amide bonds. The van der Waals surface area contributed by atoms with Gasteiger partial charge in [0.15, 0.2) is 5.58 Å². The third-order valence-corrected chi connectivity index (χ3v) is 4.40. The molecule has 142 valence electrons. The Hall–Kier alpha value is -2.66. The van der Waals surface area contributed by atoms with Crippen molar-refractivity contribution in [2.45, 2.75) is 20.0 Å². The van der Waals surface area contributed by atoms with Crippen LogP contribution < -0.4 is 9.64 Å². The molecule has 0 radical (unpaired) electrons. The molecule has 0 bridgehead atoms. The molecular weight excluding hydrogens is 366 g/mol. The van der Waals surface area contributed by atoms with Gasteiger partial charge in [-0.1, -0.05) is 29.8 Å². The van der Waals surface area contributed by atoms with E-state index in [-0.39, 0.29) is 12.4 Å². The molecule has 0 aliphatic rings. The largest absolute Gasteiger partial charge is 0.488 e. The third kappa shape index (κ3) is 4.37. The number of anilines is 1. The van der Waals surface area contributed by atoms with Crippen LogP contribution >= 0.6 is 11.6 Å². The Morgan fingerprint density at radius 3 is 2.70 bits per heavy atom. The van der Waals surface area contributed by atoms with Crippen LogP contribution in [0.25, 0.3) is 11.0 Å². The van der Waals surface area contributed by atoms with E-state index in [2.05, 4.69) is 0 Å². The fourth-order valence-corrected chi connectivity index (χ4v) is 3.11. The number of esters is 1. The molecule has 6 heteroatoms. The topological polar surface area (TPSA) is 51.9 Å². The molecule has 5 nitrogen and oxygen atoms in total. The minimum atomic E-state index is -0.273. The van der Waals surface area contributed by atoms with Crippen LogP contribution in [0.4, 0.5) is 5.69 Å². The molecule has 0 spiro atoms. The molecule has 1 aromatic heterocycles. The Morgan fingerprint density at radius 2 is 1.96 bits per heavy atom. The number of carbonyl (C=O) groups excluding carboxylic acids is 1. The van der Waals surface area contributed by atoms with Gasteiger partial charge >= 0.3 is 5.97 Å². The Morgan fingerprint density at radius 1 is 1.19 bits per heavy atom. The van der Waals surface area contributed by atoms with Crippen LogP contribution in [0, 0.1) is 0 Å². The highest BCUT2D eigenvalue weighted by atomic mass is 35.5. The van der Waals surface area contributed by atoms with Crippen LogP contribution in [0.3, 0.4) is 0 Å². The summed E-state index contributed by atoms with van der Waals surface area (Å²) in [4.78, 5) is 13.8. The minimum absolute atomic E-state index is 0.173. The Kier molecular flexibility index (Phi) is 5.91. The van der Waals surface area contributed by atoms with Crippen molar-refractivity contribution in [3.8, 4) is 5.75 Å². The lowest BCUT2D eigenvalue weighted by Crippen LogP contribution is -2.09. The maximum atomic E-state index is 11.8. The SMILES string of the molecule is CCOC(=O)Cc1ccccc1OCc1coc2c(N(C)C)cc(Cl)cc12. The highest BCUT2D eigenvalue weighted by molar-refractivity contribution is 6.31. The molecule has 0 atom stereocenters. The molecule has 0 aliphatic heterocycles. The second-order valence-electron chi connectivity index (χ2n) is 6.34. The third-order valence-electron chi connectivity index (χ3n) is 4.18. The number of nitrogens with zero attached hydrogens (tertiary/aromatic N) is 1. The summed E-state index contributed by atoms with van der Waals surface area (Å²) in [5.41, 5.74) is 3.35. The van der Waals surface area contributed by atoms with Gasteiger partial charge in [-0.05, 0) is 25.1 Å². The molecule has 0 N–H and O–H groups in total. The van der Waals surface area contributed by atoms with E-state index in [1.165, 1.54) is 0 Å². The molecule has 3 aromatic rings. The van der Waals surface area contributed by atoms with Crippen LogP contribution in [0.2, 0.25) is 5.02 Å². The van der Waals surface area contributed by atoms with E-state index in [4.69, 9.17) is 25.5 Å². The van der Waals surface area contributed by atoms with E-state index >= 15 is 0 Å².